The third-order valence-electron chi connectivity index (χ3n) is 2.66. The minimum absolute atomic E-state index is 0.0271. The number of rotatable bonds is 6. The highest BCUT2D eigenvalue weighted by Crippen LogP contribution is 2.25. The smallest absolute Gasteiger partial charge is 0.292 e. The van der Waals surface area contributed by atoms with Crippen LogP contribution in [0.5, 0.6) is 0 Å². The monoisotopic (exact) mass is 265 g/mol. The fourth-order valence-electron chi connectivity index (χ4n) is 1.62. The molecule has 1 aromatic carbocycles. The van der Waals surface area contributed by atoms with Gasteiger partial charge >= 0.3 is 0 Å². The number of nitro benzene ring substituents is 1. The Morgan fingerprint density at radius 3 is 2.74 bits per heavy atom. The van der Waals surface area contributed by atoms with E-state index in [4.69, 9.17) is 0 Å². The molecule has 6 nitrogen and oxygen atoms in total. The molecule has 6 heteroatoms. The first-order chi connectivity index (χ1) is 8.95. The summed E-state index contributed by atoms with van der Waals surface area (Å²) >= 11 is 0. The quantitative estimate of drug-likeness (QED) is 0.610. The molecule has 19 heavy (non-hydrogen) atoms. The van der Waals surface area contributed by atoms with E-state index in [1.807, 2.05) is 13.8 Å². The number of anilines is 1. The molecule has 0 fully saturated rings. The molecule has 0 saturated carbocycles. The van der Waals surface area contributed by atoms with Gasteiger partial charge < -0.3 is 10.6 Å². The van der Waals surface area contributed by atoms with Crippen LogP contribution in [0.2, 0.25) is 0 Å². The van der Waals surface area contributed by atoms with E-state index >= 15 is 0 Å². The van der Waals surface area contributed by atoms with Crippen molar-refractivity contribution in [2.24, 2.45) is 0 Å². The molecule has 0 aromatic heterocycles. The average Bonchev–Trinajstić information content (AvgIpc) is 2.35. The fourth-order valence-corrected chi connectivity index (χ4v) is 1.62. The summed E-state index contributed by atoms with van der Waals surface area (Å²) in [6, 6.07) is 4.26. The van der Waals surface area contributed by atoms with Crippen molar-refractivity contribution in [1.29, 1.82) is 0 Å². The molecule has 1 aromatic rings. The Hall–Kier alpha value is -2.11. The van der Waals surface area contributed by atoms with Crippen LogP contribution in [0.25, 0.3) is 0 Å². The molecule has 1 rings (SSSR count). The van der Waals surface area contributed by atoms with Crippen LogP contribution in [0.15, 0.2) is 18.2 Å². The second-order valence-electron chi connectivity index (χ2n) is 4.43. The van der Waals surface area contributed by atoms with Gasteiger partial charge in [-0.15, -0.1) is 0 Å². The lowest BCUT2D eigenvalue weighted by molar-refractivity contribution is -0.384. The minimum Gasteiger partial charge on any atom is -0.368 e. The number of nitrogens with zero attached hydrogens (tertiary/aromatic N) is 1. The summed E-state index contributed by atoms with van der Waals surface area (Å²) in [4.78, 5) is 22.2. The van der Waals surface area contributed by atoms with E-state index in [0.717, 1.165) is 12.0 Å². The van der Waals surface area contributed by atoms with Gasteiger partial charge in [-0.05, 0) is 31.9 Å². The number of hydrogen-bond donors (Lipinski definition) is 2. The summed E-state index contributed by atoms with van der Waals surface area (Å²) in [5, 5.41) is 16.6. The van der Waals surface area contributed by atoms with Crippen LogP contribution in [-0.4, -0.2) is 23.4 Å². The second kappa shape index (κ2) is 6.72. The van der Waals surface area contributed by atoms with E-state index in [-0.39, 0.29) is 11.6 Å². The molecule has 104 valence electrons. The van der Waals surface area contributed by atoms with Crippen LogP contribution >= 0.6 is 0 Å². The van der Waals surface area contributed by atoms with Crippen molar-refractivity contribution >= 4 is 17.3 Å². The first-order valence-corrected chi connectivity index (χ1v) is 6.25. The Bertz CT molecular complexity index is 474. The molecule has 1 atom stereocenters. The molecule has 2 N–H and O–H groups in total. The van der Waals surface area contributed by atoms with Crippen molar-refractivity contribution in [3.05, 3.63) is 33.9 Å². The van der Waals surface area contributed by atoms with Gasteiger partial charge in [0.05, 0.1) is 4.92 Å². The highest BCUT2D eigenvalue weighted by atomic mass is 16.6. The lowest BCUT2D eigenvalue weighted by Gasteiger charge is -2.15. The normalized spacial score (nSPS) is 11.7. The van der Waals surface area contributed by atoms with Crippen molar-refractivity contribution in [2.45, 2.75) is 33.2 Å². The molecule has 0 saturated heterocycles. The van der Waals surface area contributed by atoms with E-state index in [1.165, 1.54) is 6.07 Å². The highest BCUT2D eigenvalue weighted by Gasteiger charge is 2.18. The van der Waals surface area contributed by atoms with Crippen molar-refractivity contribution in [1.82, 2.24) is 5.32 Å². The van der Waals surface area contributed by atoms with Gasteiger partial charge in [0.2, 0.25) is 5.91 Å². The van der Waals surface area contributed by atoms with Crippen molar-refractivity contribution < 1.29 is 9.72 Å². The zero-order chi connectivity index (χ0) is 14.4. The van der Waals surface area contributed by atoms with Gasteiger partial charge in [0.15, 0.2) is 0 Å². The topological polar surface area (TPSA) is 84.3 Å². The van der Waals surface area contributed by atoms with Crippen molar-refractivity contribution in [3.8, 4) is 0 Å². The van der Waals surface area contributed by atoms with Gasteiger partial charge in [0.1, 0.15) is 11.7 Å². The van der Waals surface area contributed by atoms with Crippen LogP contribution in [0.1, 0.15) is 25.8 Å². The summed E-state index contributed by atoms with van der Waals surface area (Å²) in [6.07, 6.45) is 0.850. The minimum atomic E-state index is -0.521. The zero-order valence-electron chi connectivity index (χ0n) is 11.4. The molecular formula is C13H19N3O3. The Labute approximate surface area is 112 Å². The average molecular weight is 265 g/mol. The fraction of sp³-hybridized carbons (Fsp3) is 0.462. The Balaban J connectivity index is 2.83. The molecular weight excluding hydrogens is 246 g/mol. The van der Waals surface area contributed by atoms with Crippen molar-refractivity contribution in [2.75, 3.05) is 11.9 Å². The second-order valence-corrected chi connectivity index (χ2v) is 4.43. The predicted molar refractivity (Wildman–Crippen MR) is 74.2 cm³/mol. The maximum Gasteiger partial charge on any atom is 0.292 e. The lowest BCUT2D eigenvalue weighted by atomic mass is 10.1. The van der Waals surface area contributed by atoms with Gasteiger partial charge in [-0.1, -0.05) is 13.0 Å². The third-order valence-corrected chi connectivity index (χ3v) is 2.66. The summed E-state index contributed by atoms with van der Waals surface area (Å²) in [6.45, 7) is 6.08. The van der Waals surface area contributed by atoms with E-state index < -0.39 is 11.0 Å². The number of amides is 1. The standard InChI is InChI=1S/C13H19N3O3/c1-4-7-14-13(17)10(3)15-11-8-9(2)5-6-12(11)16(18)19/h5-6,8,10,15H,4,7H2,1-3H3,(H,14,17). The molecule has 1 amide bonds. The van der Waals surface area contributed by atoms with Gasteiger partial charge in [-0.3, -0.25) is 14.9 Å². The maximum atomic E-state index is 11.7. The zero-order valence-corrected chi connectivity index (χ0v) is 11.4. The Kier molecular flexibility index (Phi) is 5.29. The van der Waals surface area contributed by atoms with E-state index in [1.54, 1.807) is 19.1 Å². The predicted octanol–water partition coefficient (Wildman–Crippen LogP) is 2.23. The maximum absolute atomic E-state index is 11.7. The SMILES string of the molecule is CCCNC(=O)C(C)Nc1cc(C)ccc1[N+](=O)[O-]. The summed E-state index contributed by atoms with van der Waals surface area (Å²) in [5.74, 6) is -0.169. The van der Waals surface area contributed by atoms with Crippen LogP contribution in [0, 0.1) is 17.0 Å². The van der Waals surface area contributed by atoms with Crippen LogP contribution in [0.3, 0.4) is 0 Å². The van der Waals surface area contributed by atoms with Gasteiger partial charge in [-0.25, -0.2) is 0 Å². The highest BCUT2D eigenvalue weighted by molar-refractivity contribution is 5.85. The Morgan fingerprint density at radius 2 is 2.16 bits per heavy atom. The van der Waals surface area contributed by atoms with E-state index in [2.05, 4.69) is 10.6 Å². The number of nitro groups is 1. The molecule has 0 aliphatic carbocycles. The molecule has 0 radical (unpaired) electrons. The number of benzene rings is 1. The van der Waals surface area contributed by atoms with Crippen LogP contribution in [-0.2, 0) is 4.79 Å². The number of aryl methyl sites for hydroxylation is 1. The number of carbonyl (C=O) groups is 1. The summed E-state index contributed by atoms with van der Waals surface area (Å²) in [7, 11) is 0. The van der Waals surface area contributed by atoms with Crippen LogP contribution in [0.4, 0.5) is 11.4 Å². The largest absolute Gasteiger partial charge is 0.368 e. The number of carbonyl (C=O) groups excluding carboxylic acids is 1. The molecule has 0 aliphatic rings. The Morgan fingerprint density at radius 1 is 1.47 bits per heavy atom. The lowest BCUT2D eigenvalue weighted by Crippen LogP contribution is -2.38. The first-order valence-electron chi connectivity index (χ1n) is 6.25. The van der Waals surface area contributed by atoms with Gasteiger partial charge in [-0.2, -0.15) is 0 Å². The molecule has 0 spiro atoms. The molecule has 1 unspecified atom stereocenters. The van der Waals surface area contributed by atoms with Crippen molar-refractivity contribution in [3.63, 3.8) is 0 Å². The van der Waals surface area contributed by atoms with Gasteiger partial charge in [0, 0.05) is 12.6 Å². The first kappa shape index (κ1) is 14.9. The molecule has 0 aliphatic heterocycles. The van der Waals surface area contributed by atoms with E-state index in [0.29, 0.717) is 12.2 Å². The molecule has 0 heterocycles. The van der Waals surface area contributed by atoms with Gasteiger partial charge in [0.25, 0.3) is 5.69 Å². The number of hydrogen-bond acceptors (Lipinski definition) is 4. The summed E-state index contributed by atoms with van der Waals surface area (Å²) in [5.41, 5.74) is 1.24. The summed E-state index contributed by atoms with van der Waals surface area (Å²) < 4.78 is 0. The van der Waals surface area contributed by atoms with E-state index in [9.17, 15) is 14.9 Å². The molecule has 0 bridgehead atoms. The third kappa shape index (κ3) is 4.24. The van der Waals surface area contributed by atoms with Crippen LogP contribution < -0.4 is 10.6 Å². The number of nitrogens with one attached hydrogen (secondary N) is 2.